The van der Waals surface area contributed by atoms with Crippen LogP contribution in [0.3, 0.4) is 0 Å². The van der Waals surface area contributed by atoms with Crippen LogP contribution in [0.1, 0.15) is 28.8 Å². The maximum absolute atomic E-state index is 13.1. The Hall–Kier alpha value is -3.03. The number of hydrogen-bond donors (Lipinski definition) is 0. The molecular formula is C22H23F3N2O3. The lowest BCUT2D eigenvalue weighted by Gasteiger charge is -2.34. The quantitative estimate of drug-likeness (QED) is 0.711. The lowest BCUT2D eigenvalue weighted by molar-refractivity contribution is -0.136. The van der Waals surface area contributed by atoms with E-state index < -0.39 is 12.4 Å². The van der Waals surface area contributed by atoms with Crippen LogP contribution >= 0.6 is 0 Å². The van der Waals surface area contributed by atoms with E-state index in [2.05, 4.69) is 4.74 Å². The number of nitrogens with zero attached hydrogens (tertiary/aromatic N) is 2. The second kappa shape index (κ2) is 9.65. The third-order valence-corrected chi connectivity index (χ3v) is 5.09. The summed E-state index contributed by atoms with van der Waals surface area (Å²) in [6.07, 6.45) is 1.38. The van der Waals surface area contributed by atoms with Gasteiger partial charge in [0.15, 0.2) is 0 Å². The van der Waals surface area contributed by atoms with Crippen molar-refractivity contribution in [1.29, 1.82) is 0 Å². The summed E-state index contributed by atoms with van der Waals surface area (Å²) < 4.78 is 41.9. The van der Waals surface area contributed by atoms with Crippen LogP contribution in [0.2, 0.25) is 0 Å². The highest BCUT2D eigenvalue weighted by atomic mass is 19.3. The number of rotatable bonds is 6. The van der Waals surface area contributed by atoms with E-state index in [1.165, 1.54) is 36.4 Å². The number of halogens is 3. The Bertz CT molecular complexity index is 872. The molecule has 2 aromatic carbocycles. The maximum atomic E-state index is 13.1. The fourth-order valence-electron chi connectivity index (χ4n) is 3.58. The molecule has 2 aromatic rings. The van der Waals surface area contributed by atoms with E-state index in [9.17, 15) is 22.8 Å². The second-order valence-corrected chi connectivity index (χ2v) is 7.31. The molecule has 0 spiro atoms. The molecule has 8 heteroatoms. The Morgan fingerprint density at radius 3 is 2.43 bits per heavy atom. The maximum Gasteiger partial charge on any atom is 0.387 e. The summed E-state index contributed by atoms with van der Waals surface area (Å²) in [5, 5.41) is 0. The summed E-state index contributed by atoms with van der Waals surface area (Å²) in [7, 11) is 1.67. The summed E-state index contributed by atoms with van der Waals surface area (Å²) in [5.41, 5.74) is 1.17. The Morgan fingerprint density at radius 2 is 1.80 bits per heavy atom. The van der Waals surface area contributed by atoms with Gasteiger partial charge in [-0.2, -0.15) is 8.78 Å². The Balaban J connectivity index is 1.58. The Kier molecular flexibility index (Phi) is 6.97. The minimum atomic E-state index is -2.88. The molecule has 2 amide bonds. The molecule has 3 rings (SSSR count). The molecule has 1 saturated heterocycles. The predicted octanol–water partition coefficient (Wildman–Crippen LogP) is 3.94. The Labute approximate surface area is 173 Å². The molecule has 0 N–H and O–H groups in total. The molecule has 1 heterocycles. The number of hydrogen-bond acceptors (Lipinski definition) is 3. The van der Waals surface area contributed by atoms with Crippen molar-refractivity contribution in [3.63, 3.8) is 0 Å². The van der Waals surface area contributed by atoms with E-state index >= 15 is 0 Å². The van der Waals surface area contributed by atoms with Crippen LogP contribution in [0.4, 0.5) is 13.2 Å². The standard InChI is InChI=1S/C22H23F3N2O3/c1-26(13-15-4-10-19(11-5-15)30-22(24)25)20(28)17-3-2-12-27(14-17)21(29)16-6-8-18(23)9-7-16/h4-11,17,22H,2-3,12-14H2,1H3. The number of piperidine rings is 1. The molecule has 160 valence electrons. The van der Waals surface area contributed by atoms with Crippen LogP contribution in [0, 0.1) is 11.7 Å². The van der Waals surface area contributed by atoms with Gasteiger partial charge in [-0.15, -0.1) is 0 Å². The summed E-state index contributed by atoms with van der Waals surface area (Å²) in [4.78, 5) is 28.7. The molecule has 0 bridgehead atoms. The van der Waals surface area contributed by atoms with E-state index in [0.29, 0.717) is 38.0 Å². The number of carbonyl (C=O) groups is 2. The van der Waals surface area contributed by atoms with Crippen molar-refractivity contribution in [2.45, 2.75) is 26.0 Å². The van der Waals surface area contributed by atoms with Gasteiger partial charge in [-0.05, 0) is 54.8 Å². The van der Waals surface area contributed by atoms with Crippen molar-refractivity contribution >= 4 is 11.8 Å². The SMILES string of the molecule is CN(Cc1ccc(OC(F)F)cc1)C(=O)C1CCCN(C(=O)c2ccc(F)cc2)C1. The van der Waals surface area contributed by atoms with Crippen LogP contribution in [-0.2, 0) is 11.3 Å². The van der Waals surface area contributed by atoms with Gasteiger partial charge in [-0.25, -0.2) is 4.39 Å². The zero-order chi connectivity index (χ0) is 21.7. The van der Waals surface area contributed by atoms with Crippen molar-refractivity contribution in [3.05, 3.63) is 65.5 Å². The van der Waals surface area contributed by atoms with Crippen LogP contribution in [0.15, 0.2) is 48.5 Å². The first-order chi connectivity index (χ1) is 14.3. The lowest BCUT2D eigenvalue weighted by Crippen LogP contribution is -2.45. The van der Waals surface area contributed by atoms with Gasteiger partial charge in [0.05, 0.1) is 5.92 Å². The van der Waals surface area contributed by atoms with E-state index in [1.807, 2.05) is 0 Å². The summed E-state index contributed by atoms with van der Waals surface area (Å²) in [6, 6.07) is 11.5. The van der Waals surface area contributed by atoms with E-state index in [4.69, 9.17) is 0 Å². The topological polar surface area (TPSA) is 49.9 Å². The third kappa shape index (κ3) is 5.52. The van der Waals surface area contributed by atoms with Crippen molar-refractivity contribution in [1.82, 2.24) is 9.80 Å². The number of carbonyl (C=O) groups excluding carboxylic acids is 2. The van der Waals surface area contributed by atoms with Gasteiger partial charge in [0.25, 0.3) is 5.91 Å². The van der Waals surface area contributed by atoms with Gasteiger partial charge >= 0.3 is 6.61 Å². The van der Waals surface area contributed by atoms with E-state index in [-0.39, 0.29) is 23.5 Å². The zero-order valence-electron chi connectivity index (χ0n) is 16.6. The predicted molar refractivity (Wildman–Crippen MR) is 105 cm³/mol. The minimum absolute atomic E-state index is 0.0601. The van der Waals surface area contributed by atoms with Gasteiger partial charge in [0.2, 0.25) is 5.91 Å². The monoisotopic (exact) mass is 420 g/mol. The number of alkyl halides is 2. The molecule has 1 aliphatic heterocycles. The lowest BCUT2D eigenvalue weighted by atomic mass is 9.95. The van der Waals surface area contributed by atoms with Crippen molar-refractivity contribution in [2.75, 3.05) is 20.1 Å². The first-order valence-electron chi connectivity index (χ1n) is 9.67. The van der Waals surface area contributed by atoms with Crippen LogP contribution in [-0.4, -0.2) is 48.4 Å². The summed E-state index contributed by atoms with van der Waals surface area (Å²) in [5.74, 6) is -0.975. The first-order valence-corrected chi connectivity index (χ1v) is 9.67. The highest BCUT2D eigenvalue weighted by molar-refractivity contribution is 5.94. The molecule has 1 atom stereocenters. The van der Waals surface area contributed by atoms with Crippen molar-refractivity contribution in [2.24, 2.45) is 5.92 Å². The van der Waals surface area contributed by atoms with Gasteiger partial charge in [0.1, 0.15) is 11.6 Å². The molecule has 0 aliphatic carbocycles. The largest absolute Gasteiger partial charge is 0.435 e. The average molecular weight is 420 g/mol. The van der Waals surface area contributed by atoms with Gasteiger partial charge in [0, 0.05) is 32.2 Å². The highest BCUT2D eigenvalue weighted by Crippen LogP contribution is 2.22. The van der Waals surface area contributed by atoms with Gasteiger partial charge in [-0.3, -0.25) is 9.59 Å². The smallest absolute Gasteiger partial charge is 0.387 e. The molecule has 0 aromatic heterocycles. The summed E-state index contributed by atoms with van der Waals surface area (Å²) in [6.45, 7) is -1.71. The number of likely N-dealkylation sites (tertiary alicyclic amines) is 1. The third-order valence-electron chi connectivity index (χ3n) is 5.09. The van der Waals surface area contributed by atoms with Crippen LogP contribution in [0.5, 0.6) is 5.75 Å². The number of amides is 2. The van der Waals surface area contributed by atoms with E-state index in [1.54, 1.807) is 29.0 Å². The number of benzene rings is 2. The highest BCUT2D eigenvalue weighted by Gasteiger charge is 2.30. The van der Waals surface area contributed by atoms with E-state index in [0.717, 1.165) is 5.56 Å². The first kappa shape index (κ1) is 21.7. The van der Waals surface area contributed by atoms with Gasteiger partial charge < -0.3 is 14.5 Å². The zero-order valence-corrected chi connectivity index (χ0v) is 16.6. The van der Waals surface area contributed by atoms with Gasteiger partial charge in [-0.1, -0.05) is 12.1 Å². The normalized spacial score (nSPS) is 16.4. The van der Waals surface area contributed by atoms with Crippen molar-refractivity contribution < 1.29 is 27.5 Å². The summed E-state index contributed by atoms with van der Waals surface area (Å²) >= 11 is 0. The number of ether oxygens (including phenoxy) is 1. The van der Waals surface area contributed by atoms with Crippen molar-refractivity contribution in [3.8, 4) is 5.75 Å². The van der Waals surface area contributed by atoms with Crippen LogP contribution < -0.4 is 4.74 Å². The molecular weight excluding hydrogens is 397 g/mol. The Morgan fingerprint density at radius 1 is 1.13 bits per heavy atom. The molecule has 1 unspecified atom stereocenters. The molecule has 1 aliphatic rings. The second-order valence-electron chi connectivity index (χ2n) is 7.31. The molecule has 0 radical (unpaired) electrons. The minimum Gasteiger partial charge on any atom is -0.435 e. The van der Waals surface area contributed by atoms with Crippen LogP contribution in [0.25, 0.3) is 0 Å². The average Bonchev–Trinajstić information content (AvgIpc) is 2.74. The molecule has 30 heavy (non-hydrogen) atoms. The molecule has 0 saturated carbocycles. The fourth-order valence-corrected chi connectivity index (χ4v) is 3.58. The fraction of sp³-hybridized carbons (Fsp3) is 0.364. The molecule has 5 nitrogen and oxygen atoms in total. The molecule has 1 fully saturated rings.